The molecule has 1 aliphatic heterocycles. The van der Waals surface area contributed by atoms with Gasteiger partial charge in [-0.15, -0.1) is 0 Å². The Balaban J connectivity index is 1.93. The van der Waals surface area contributed by atoms with Crippen molar-refractivity contribution in [2.75, 3.05) is 18.0 Å². The van der Waals surface area contributed by atoms with Crippen LogP contribution in [-0.2, 0) is 0 Å². The maximum Gasteiger partial charge on any atom is 0.186 e. The van der Waals surface area contributed by atoms with Crippen molar-refractivity contribution < 1.29 is 5.11 Å². The van der Waals surface area contributed by atoms with Gasteiger partial charge in [0.15, 0.2) is 5.13 Å². The summed E-state index contributed by atoms with van der Waals surface area (Å²) in [6.07, 6.45) is 1.78. The Bertz CT molecular complexity index is 463. The van der Waals surface area contributed by atoms with Crippen LogP contribution in [0.4, 0.5) is 5.13 Å². The molecule has 0 bridgehead atoms. The second-order valence-corrected chi connectivity index (χ2v) is 5.22. The van der Waals surface area contributed by atoms with Crippen molar-refractivity contribution in [1.82, 2.24) is 4.98 Å². The topological polar surface area (TPSA) is 36.4 Å². The number of hydrogen-bond acceptors (Lipinski definition) is 4. The van der Waals surface area contributed by atoms with Gasteiger partial charge in [0, 0.05) is 13.1 Å². The predicted molar refractivity (Wildman–Crippen MR) is 67.1 cm³/mol. The average Bonchev–Trinajstić information content (AvgIpc) is 2.72. The van der Waals surface area contributed by atoms with Gasteiger partial charge in [0.1, 0.15) is 0 Å². The first-order valence-electron chi connectivity index (χ1n) is 5.61. The third kappa shape index (κ3) is 1.79. The average molecular weight is 234 g/mol. The van der Waals surface area contributed by atoms with E-state index >= 15 is 0 Å². The number of β-amino-alcohol motifs (C(OH)–C–C–N with tert-alkyl or cyclic N) is 1. The van der Waals surface area contributed by atoms with Crippen LogP contribution in [0.2, 0.25) is 0 Å². The molecule has 4 heteroatoms. The highest BCUT2D eigenvalue weighted by molar-refractivity contribution is 7.22. The maximum absolute atomic E-state index is 9.65. The number of hydrogen-bond donors (Lipinski definition) is 1. The molecule has 0 amide bonds. The second-order valence-electron chi connectivity index (χ2n) is 4.21. The number of anilines is 1. The smallest absolute Gasteiger partial charge is 0.186 e. The van der Waals surface area contributed by atoms with Gasteiger partial charge in [-0.25, -0.2) is 4.98 Å². The summed E-state index contributed by atoms with van der Waals surface area (Å²) in [5.41, 5.74) is 1.06. The van der Waals surface area contributed by atoms with Crippen LogP contribution in [0.3, 0.4) is 0 Å². The van der Waals surface area contributed by atoms with Gasteiger partial charge in [-0.2, -0.15) is 0 Å². The van der Waals surface area contributed by atoms with E-state index in [1.807, 2.05) is 18.2 Å². The molecule has 2 heterocycles. The molecule has 1 aromatic carbocycles. The second kappa shape index (κ2) is 4.03. The SMILES string of the molecule is O[C@H]1CCCN(c2nc3ccccc3s2)C1. The van der Waals surface area contributed by atoms with Gasteiger partial charge >= 0.3 is 0 Å². The standard InChI is InChI=1S/C12H14N2OS/c15-9-4-3-7-14(8-9)12-13-10-5-1-2-6-11(10)16-12/h1-2,5-6,9,15H,3-4,7-8H2/t9-/m0/s1. The first kappa shape index (κ1) is 10.1. The summed E-state index contributed by atoms with van der Waals surface area (Å²) in [6.45, 7) is 1.73. The van der Waals surface area contributed by atoms with Crippen molar-refractivity contribution >= 4 is 26.7 Å². The lowest BCUT2D eigenvalue weighted by molar-refractivity contribution is 0.154. The van der Waals surface area contributed by atoms with Gasteiger partial charge in [0.25, 0.3) is 0 Å². The molecule has 3 nitrogen and oxygen atoms in total. The lowest BCUT2D eigenvalue weighted by Gasteiger charge is -2.29. The number of para-hydroxylation sites is 1. The number of rotatable bonds is 1. The molecule has 0 aliphatic carbocycles. The lowest BCUT2D eigenvalue weighted by atomic mass is 10.1. The number of thiazole rings is 1. The van der Waals surface area contributed by atoms with Crippen LogP contribution in [0.5, 0.6) is 0 Å². The van der Waals surface area contributed by atoms with Crippen LogP contribution in [0, 0.1) is 0 Å². The Morgan fingerprint density at radius 1 is 1.38 bits per heavy atom. The van der Waals surface area contributed by atoms with Crippen molar-refractivity contribution in [2.45, 2.75) is 18.9 Å². The Morgan fingerprint density at radius 2 is 2.25 bits per heavy atom. The first-order valence-corrected chi connectivity index (χ1v) is 6.43. The highest BCUT2D eigenvalue weighted by Gasteiger charge is 2.20. The fourth-order valence-corrected chi connectivity index (χ4v) is 3.12. The predicted octanol–water partition coefficient (Wildman–Crippen LogP) is 2.26. The van der Waals surface area contributed by atoms with Gasteiger partial charge in [-0.1, -0.05) is 23.5 Å². The normalized spacial score (nSPS) is 21.6. The minimum Gasteiger partial charge on any atom is -0.391 e. The van der Waals surface area contributed by atoms with E-state index < -0.39 is 0 Å². The molecule has 1 aromatic heterocycles. The molecular weight excluding hydrogens is 220 g/mol. The van der Waals surface area contributed by atoms with Gasteiger partial charge < -0.3 is 10.0 Å². The molecule has 16 heavy (non-hydrogen) atoms. The summed E-state index contributed by atoms with van der Waals surface area (Å²) in [5, 5.41) is 10.7. The van der Waals surface area contributed by atoms with Gasteiger partial charge in [0.05, 0.1) is 16.3 Å². The monoisotopic (exact) mass is 234 g/mol. The van der Waals surface area contributed by atoms with Gasteiger partial charge in [-0.3, -0.25) is 0 Å². The van der Waals surface area contributed by atoms with E-state index in [-0.39, 0.29) is 6.10 Å². The van der Waals surface area contributed by atoms with Gasteiger partial charge in [0.2, 0.25) is 0 Å². The summed E-state index contributed by atoms with van der Waals surface area (Å²) in [4.78, 5) is 6.80. The highest BCUT2D eigenvalue weighted by Crippen LogP contribution is 2.30. The molecule has 1 fully saturated rings. The quantitative estimate of drug-likeness (QED) is 0.822. The number of benzene rings is 1. The largest absolute Gasteiger partial charge is 0.391 e. The molecule has 0 radical (unpaired) electrons. The third-order valence-electron chi connectivity index (χ3n) is 2.95. The van der Waals surface area contributed by atoms with Crippen molar-refractivity contribution in [3.8, 4) is 0 Å². The molecular formula is C12H14N2OS. The number of aromatic nitrogens is 1. The molecule has 2 aromatic rings. The van der Waals surface area contributed by atoms with Crippen LogP contribution in [0.1, 0.15) is 12.8 Å². The minimum atomic E-state index is -0.194. The van der Waals surface area contributed by atoms with Crippen molar-refractivity contribution in [3.05, 3.63) is 24.3 Å². The Labute approximate surface area is 98.3 Å². The Kier molecular flexibility index (Phi) is 2.53. The molecule has 1 atom stereocenters. The Morgan fingerprint density at radius 3 is 3.06 bits per heavy atom. The summed E-state index contributed by atoms with van der Waals surface area (Å²) >= 11 is 1.71. The number of aliphatic hydroxyl groups excluding tert-OH is 1. The van der Waals surface area contributed by atoms with Crippen LogP contribution < -0.4 is 4.90 Å². The van der Waals surface area contributed by atoms with Crippen molar-refractivity contribution in [2.24, 2.45) is 0 Å². The van der Waals surface area contributed by atoms with Gasteiger partial charge in [-0.05, 0) is 25.0 Å². The number of fused-ring (bicyclic) bond motifs is 1. The van der Waals surface area contributed by atoms with E-state index in [1.165, 1.54) is 4.70 Å². The van der Waals surface area contributed by atoms with Crippen LogP contribution in [-0.4, -0.2) is 29.3 Å². The van der Waals surface area contributed by atoms with E-state index in [0.717, 1.165) is 36.6 Å². The van der Waals surface area contributed by atoms with Crippen LogP contribution in [0.25, 0.3) is 10.2 Å². The zero-order valence-corrected chi connectivity index (χ0v) is 9.78. The zero-order valence-electron chi connectivity index (χ0n) is 8.97. The third-order valence-corrected chi connectivity index (χ3v) is 4.05. The van der Waals surface area contributed by atoms with Crippen LogP contribution in [0.15, 0.2) is 24.3 Å². The molecule has 0 unspecified atom stereocenters. The molecule has 1 saturated heterocycles. The van der Waals surface area contributed by atoms with Crippen molar-refractivity contribution in [1.29, 1.82) is 0 Å². The summed E-state index contributed by atoms with van der Waals surface area (Å²) < 4.78 is 1.22. The summed E-state index contributed by atoms with van der Waals surface area (Å²) in [5.74, 6) is 0. The van der Waals surface area contributed by atoms with E-state index in [1.54, 1.807) is 11.3 Å². The van der Waals surface area contributed by atoms with E-state index in [2.05, 4.69) is 16.0 Å². The molecule has 0 saturated carbocycles. The number of piperidine rings is 1. The molecule has 3 rings (SSSR count). The molecule has 0 spiro atoms. The molecule has 1 N–H and O–H groups in total. The zero-order chi connectivity index (χ0) is 11.0. The number of nitrogens with zero attached hydrogens (tertiary/aromatic N) is 2. The summed E-state index contributed by atoms with van der Waals surface area (Å²) in [7, 11) is 0. The lowest BCUT2D eigenvalue weighted by Crippen LogP contribution is -2.38. The first-order chi connectivity index (χ1) is 7.83. The maximum atomic E-state index is 9.65. The van der Waals surface area contributed by atoms with E-state index in [9.17, 15) is 5.11 Å². The van der Waals surface area contributed by atoms with E-state index in [0.29, 0.717) is 0 Å². The van der Waals surface area contributed by atoms with E-state index in [4.69, 9.17) is 0 Å². The molecule has 84 valence electrons. The fourth-order valence-electron chi connectivity index (χ4n) is 2.12. The highest BCUT2D eigenvalue weighted by atomic mass is 32.1. The minimum absolute atomic E-state index is 0.194. The van der Waals surface area contributed by atoms with Crippen LogP contribution >= 0.6 is 11.3 Å². The van der Waals surface area contributed by atoms with Crippen molar-refractivity contribution in [3.63, 3.8) is 0 Å². The number of aliphatic hydroxyl groups is 1. The Hall–Kier alpha value is -1.13. The molecule has 1 aliphatic rings. The summed E-state index contributed by atoms with van der Waals surface area (Å²) in [6, 6.07) is 8.18. The fraction of sp³-hybridized carbons (Fsp3) is 0.417.